The molecule has 1 aromatic carbocycles. The van der Waals surface area contributed by atoms with E-state index in [1.165, 1.54) is 12.1 Å². The second kappa shape index (κ2) is 8.43. The molecule has 0 aromatic heterocycles. The Labute approximate surface area is 145 Å². The number of hydrogen-bond acceptors (Lipinski definition) is 7. The van der Waals surface area contributed by atoms with E-state index in [2.05, 4.69) is 5.32 Å². The molecular weight excluding hydrogens is 330 g/mol. The van der Waals surface area contributed by atoms with Crippen LogP contribution < -0.4 is 10.2 Å². The molecule has 1 amide bonds. The Kier molecular flexibility index (Phi) is 6.29. The molecule has 0 unspecified atom stereocenters. The van der Waals surface area contributed by atoms with Gasteiger partial charge in [0.15, 0.2) is 6.61 Å². The Hall–Kier alpha value is -2.68. The predicted octanol–water partition coefficient (Wildman–Crippen LogP) is 1.11. The number of nitrogens with zero attached hydrogens (tertiary/aromatic N) is 2. The van der Waals surface area contributed by atoms with Gasteiger partial charge in [-0.2, -0.15) is 0 Å². The van der Waals surface area contributed by atoms with Gasteiger partial charge in [0.1, 0.15) is 5.69 Å². The maximum Gasteiger partial charge on any atom is 0.338 e. The lowest BCUT2D eigenvalue weighted by Crippen LogP contribution is -2.34. The molecule has 136 valence electrons. The summed E-state index contributed by atoms with van der Waals surface area (Å²) in [4.78, 5) is 35.8. The van der Waals surface area contributed by atoms with Crippen molar-refractivity contribution >= 4 is 23.3 Å². The Morgan fingerprint density at radius 2 is 2.20 bits per heavy atom. The highest BCUT2D eigenvalue weighted by molar-refractivity contribution is 5.93. The highest BCUT2D eigenvalue weighted by Crippen LogP contribution is 2.27. The van der Waals surface area contributed by atoms with Gasteiger partial charge < -0.3 is 19.7 Å². The smallest absolute Gasteiger partial charge is 0.338 e. The largest absolute Gasteiger partial charge is 0.452 e. The first-order chi connectivity index (χ1) is 11.9. The van der Waals surface area contributed by atoms with Gasteiger partial charge in [0, 0.05) is 33.3 Å². The second-order valence-electron chi connectivity index (χ2n) is 5.87. The molecular formula is C16H21N3O6. The molecule has 2 rings (SSSR count). The van der Waals surface area contributed by atoms with Crippen LogP contribution in [0.4, 0.5) is 11.4 Å². The van der Waals surface area contributed by atoms with Crippen molar-refractivity contribution in [1.82, 2.24) is 5.32 Å². The van der Waals surface area contributed by atoms with Gasteiger partial charge >= 0.3 is 5.97 Å². The van der Waals surface area contributed by atoms with Gasteiger partial charge in [-0.05, 0) is 25.0 Å². The van der Waals surface area contributed by atoms with Gasteiger partial charge in [0.2, 0.25) is 0 Å². The molecule has 1 N–H and O–H groups in total. The van der Waals surface area contributed by atoms with Crippen molar-refractivity contribution in [2.75, 3.05) is 38.8 Å². The molecule has 0 aliphatic carbocycles. The third-order valence-electron chi connectivity index (χ3n) is 3.77. The summed E-state index contributed by atoms with van der Waals surface area (Å²) in [7, 11) is 3.33. The van der Waals surface area contributed by atoms with Crippen molar-refractivity contribution < 1.29 is 24.0 Å². The molecule has 0 saturated carbocycles. The summed E-state index contributed by atoms with van der Waals surface area (Å²) in [6.07, 6.45) is 1.86. The van der Waals surface area contributed by atoms with Gasteiger partial charge in [-0.3, -0.25) is 14.9 Å². The molecule has 9 nitrogen and oxygen atoms in total. The number of amides is 1. The van der Waals surface area contributed by atoms with Crippen LogP contribution in [0.15, 0.2) is 18.2 Å². The number of ether oxygens (including phenoxy) is 2. The molecule has 1 heterocycles. The van der Waals surface area contributed by atoms with E-state index in [9.17, 15) is 19.7 Å². The molecule has 0 spiro atoms. The number of rotatable bonds is 7. The van der Waals surface area contributed by atoms with Crippen LogP contribution in [0, 0.1) is 10.1 Å². The van der Waals surface area contributed by atoms with E-state index in [4.69, 9.17) is 9.47 Å². The SMILES string of the molecule is CN(C)c1ccc(C(=O)OCC(=O)NC[C@@H]2CCCO2)cc1[N+](=O)[O-]. The summed E-state index contributed by atoms with van der Waals surface area (Å²) in [5.74, 6) is -1.23. The van der Waals surface area contributed by atoms with Gasteiger partial charge in [0.25, 0.3) is 11.6 Å². The number of hydrogen-bond donors (Lipinski definition) is 1. The monoisotopic (exact) mass is 351 g/mol. The zero-order valence-corrected chi connectivity index (χ0v) is 14.2. The number of nitrogens with one attached hydrogen (secondary N) is 1. The molecule has 1 fully saturated rings. The highest BCUT2D eigenvalue weighted by Gasteiger charge is 2.20. The van der Waals surface area contributed by atoms with E-state index in [0.717, 1.165) is 18.9 Å². The number of esters is 1. The van der Waals surface area contributed by atoms with Crippen LogP contribution in [0.3, 0.4) is 0 Å². The summed E-state index contributed by atoms with van der Waals surface area (Å²) < 4.78 is 10.3. The summed E-state index contributed by atoms with van der Waals surface area (Å²) in [6.45, 7) is 0.616. The lowest BCUT2D eigenvalue weighted by atomic mass is 10.1. The molecule has 1 aliphatic heterocycles. The molecule has 1 atom stereocenters. The van der Waals surface area contributed by atoms with E-state index in [1.807, 2.05) is 0 Å². The normalized spacial score (nSPS) is 16.3. The van der Waals surface area contributed by atoms with Gasteiger partial charge in [-0.25, -0.2) is 4.79 Å². The molecule has 0 radical (unpaired) electrons. The fourth-order valence-electron chi connectivity index (χ4n) is 2.47. The number of carbonyl (C=O) groups is 2. The van der Waals surface area contributed by atoms with Crippen molar-refractivity contribution in [3.63, 3.8) is 0 Å². The number of anilines is 1. The van der Waals surface area contributed by atoms with Crippen LogP contribution in [0.25, 0.3) is 0 Å². The Balaban J connectivity index is 1.90. The minimum absolute atomic E-state index is 0.000814. The fourth-order valence-corrected chi connectivity index (χ4v) is 2.47. The first-order valence-corrected chi connectivity index (χ1v) is 7.89. The third kappa shape index (κ3) is 5.15. The van der Waals surface area contributed by atoms with Crippen LogP contribution in [0.1, 0.15) is 23.2 Å². The summed E-state index contributed by atoms with van der Waals surface area (Å²) in [6, 6.07) is 4.03. The number of nitro benzene ring substituents is 1. The molecule has 9 heteroatoms. The lowest BCUT2D eigenvalue weighted by Gasteiger charge is -2.13. The maximum atomic E-state index is 12.0. The molecule has 1 aliphatic rings. The van der Waals surface area contributed by atoms with Crippen molar-refractivity contribution in [2.24, 2.45) is 0 Å². The standard InChI is InChI=1S/C16H21N3O6/c1-18(2)13-6-5-11(8-14(13)19(22)23)16(21)25-10-15(20)17-9-12-4-3-7-24-12/h5-6,8,12H,3-4,7,9-10H2,1-2H3,(H,17,20)/t12-/m0/s1. The van der Waals surface area contributed by atoms with E-state index >= 15 is 0 Å². The average Bonchev–Trinajstić information content (AvgIpc) is 3.10. The third-order valence-corrected chi connectivity index (χ3v) is 3.77. The van der Waals surface area contributed by atoms with Crippen LogP contribution in [-0.2, 0) is 14.3 Å². The van der Waals surface area contributed by atoms with Crippen molar-refractivity contribution in [2.45, 2.75) is 18.9 Å². The predicted molar refractivity (Wildman–Crippen MR) is 89.7 cm³/mol. The first kappa shape index (κ1) is 18.7. The van der Waals surface area contributed by atoms with E-state index < -0.39 is 23.4 Å². The summed E-state index contributed by atoms with van der Waals surface area (Å²) in [5.41, 5.74) is 0.183. The zero-order chi connectivity index (χ0) is 18.4. The number of nitro groups is 1. The van der Waals surface area contributed by atoms with Gasteiger partial charge in [-0.15, -0.1) is 0 Å². The Morgan fingerprint density at radius 3 is 2.80 bits per heavy atom. The Morgan fingerprint density at radius 1 is 1.44 bits per heavy atom. The average molecular weight is 351 g/mol. The minimum atomic E-state index is -0.791. The van der Waals surface area contributed by atoms with Crippen LogP contribution in [-0.4, -0.2) is 56.8 Å². The highest BCUT2D eigenvalue weighted by atomic mass is 16.6. The van der Waals surface area contributed by atoms with E-state index in [0.29, 0.717) is 18.8 Å². The quantitative estimate of drug-likeness (QED) is 0.445. The minimum Gasteiger partial charge on any atom is -0.452 e. The maximum absolute atomic E-state index is 12.0. The van der Waals surface area contributed by atoms with Crippen LogP contribution >= 0.6 is 0 Å². The van der Waals surface area contributed by atoms with Gasteiger partial charge in [-0.1, -0.05) is 0 Å². The summed E-state index contributed by atoms with van der Waals surface area (Å²) >= 11 is 0. The summed E-state index contributed by atoms with van der Waals surface area (Å²) in [5, 5.41) is 13.8. The van der Waals surface area contributed by atoms with Crippen molar-refractivity contribution in [3.8, 4) is 0 Å². The lowest BCUT2D eigenvalue weighted by molar-refractivity contribution is -0.384. The number of benzene rings is 1. The Bertz CT molecular complexity index is 655. The molecule has 25 heavy (non-hydrogen) atoms. The number of carbonyl (C=O) groups excluding carboxylic acids is 2. The molecule has 0 bridgehead atoms. The zero-order valence-electron chi connectivity index (χ0n) is 14.2. The van der Waals surface area contributed by atoms with E-state index in [1.54, 1.807) is 19.0 Å². The van der Waals surface area contributed by atoms with E-state index in [-0.39, 0.29) is 17.4 Å². The van der Waals surface area contributed by atoms with Crippen molar-refractivity contribution in [1.29, 1.82) is 0 Å². The second-order valence-corrected chi connectivity index (χ2v) is 5.87. The van der Waals surface area contributed by atoms with Crippen LogP contribution in [0.2, 0.25) is 0 Å². The molecule has 1 aromatic rings. The van der Waals surface area contributed by atoms with Crippen LogP contribution in [0.5, 0.6) is 0 Å². The fraction of sp³-hybridized carbons (Fsp3) is 0.500. The topological polar surface area (TPSA) is 111 Å². The molecule has 1 saturated heterocycles. The van der Waals surface area contributed by atoms with Crippen molar-refractivity contribution in [3.05, 3.63) is 33.9 Å². The van der Waals surface area contributed by atoms with Gasteiger partial charge in [0.05, 0.1) is 16.6 Å². The first-order valence-electron chi connectivity index (χ1n) is 7.89.